The van der Waals surface area contributed by atoms with Gasteiger partial charge in [-0.3, -0.25) is 0 Å². The van der Waals surface area contributed by atoms with Crippen molar-refractivity contribution in [2.45, 2.75) is 31.3 Å². The molecule has 2 aromatic rings. The van der Waals surface area contributed by atoms with Crippen molar-refractivity contribution in [3.05, 3.63) is 65.0 Å². The van der Waals surface area contributed by atoms with E-state index >= 15 is 0 Å². The first-order chi connectivity index (χ1) is 10.9. The molecule has 23 heavy (non-hydrogen) atoms. The molecule has 1 fully saturated rings. The van der Waals surface area contributed by atoms with Crippen LogP contribution in [-0.4, -0.2) is 0 Å². The Morgan fingerprint density at radius 1 is 0.913 bits per heavy atom. The van der Waals surface area contributed by atoms with Crippen LogP contribution in [0.3, 0.4) is 0 Å². The topological polar surface area (TPSA) is 9.23 Å². The van der Waals surface area contributed by atoms with Crippen molar-refractivity contribution in [1.29, 1.82) is 0 Å². The Labute approximate surface area is 129 Å². The molecule has 0 N–H and O–H groups in total. The molecule has 0 radical (unpaired) electrons. The van der Waals surface area contributed by atoms with E-state index in [1.54, 1.807) is 12.1 Å². The highest BCUT2D eigenvalue weighted by atomic mass is 19.3. The number of rotatable bonds is 4. The predicted molar refractivity (Wildman–Crippen MR) is 73.9 cm³/mol. The molecule has 2 aromatic carbocycles. The standard InChI is InChI=1S/C17H13F5O/c18-14-8-13(9-15(19)16(14)20)23-17(21,22)12-6-4-11(5-7-12)10-2-1-3-10/h4-10H,1-3H2. The smallest absolute Gasteiger partial charge is 0.426 e. The van der Waals surface area contributed by atoms with Gasteiger partial charge in [0.05, 0.1) is 5.56 Å². The minimum atomic E-state index is -3.78. The Bertz CT molecular complexity index is 684. The molecule has 0 amide bonds. The van der Waals surface area contributed by atoms with Crippen LogP contribution in [0.5, 0.6) is 5.75 Å². The third-order valence-electron chi connectivity index (χ3n) is 4.03. The summed E-state index contributed by atoms with van der Waals surface area (Å²) in [6.07, 6.45) is -0.566. The zero-order chi connectivity index (χ0) is 16.6. The van der Waals surface area contributed by atoms with E-state index in [-0.39, 0.29) is 0 Å². The van der Waals surface area contributed by atoms with Crippen LogP contribution in [0.2, 0.25) is 0 Å². The second-order valence-electron chi connectivity index (χ2n) is 5.57. The van der Waals surface area contributed by atoms with E-state index < -0.39 is 34.9 Å². The number of hydrogen-bond donors (Lipinski definition) is 0. The van der Waals surface area contributed by atoms with Gasteiger partial charge in [-0.2, -0.15) is 8.78 Å². The average molecular weight is 328 g/mol. The lowest BCUT2D eigenvalue weighted by Gasteiger charge is -2.26. The van der Waals surface area contributed by atoms with E-state index in [0.717, 1.165) is 24.8 Å². The molecule has 0 aromatic heterocycles. The molecule has 1 saturated carbocycles. The van der Waals surface area contributed by atoms with Gasteiger partial charge in [0.25, 0.3) is 0 Å². The van der Waals surface area contributed by atoms with Crippen molar-refractivity contribution in [3.8, 4) is 5.75 Å². The maximum Gasteiger partial charge on any atom is 0.426 e. The number of alkyl halides is 2. The fourth-order valence-electron chi connectivity index (χ4n) is 2.49. The third kappa shape index (κ3) is 3.16. The summed E-state index contributed by atoms with van der Waals surface area (Å²) in [5.74, 6) is -5.29. The number of ether oxygens (including phenoxy) is 1. The Morgan fingerprint density at radius 3 is 1.96 bits per heavy atom. The highest BCUT2D eigenvalue weighted by molar-refractivity contribution is 5.30. The zero-order valence-corrected chi connectivity index (χ0v) is 12.0. The van der Waals surface area contributed by atoms with Crippen molar-refractivity contribution < 1.29 is 26.7 Å². The molecular weight excluding hydrogens is 315 g/mol. The lowest BCUT2D eigenvalue weighted by atomic mass is 9.80. The number of hydrogen-bond acceptors (Lipinski definition) is 1. The van der Waals surface area contributed by atoms with E-state index in [9.17, 15) is 22.0 Å². The molecule has 1 aliphatic rings. The molecule has 1 nitrogen and oxygen atoms in total. The van der Waals surface area contributed by atoms with Crippen molar-refractivity contribution in [2.24, 2.45) is 0 Å². The molecule has 0 bridgehead atoms. The van der Waals surface area contributed by atoms with Gasteiger partial charge in [-0.15, -0.1) is 0 Å². The van der Waals surface area contributed by atoms with Crippen LogP contribution in [0.1, 0.15) is 36.3 Å². The summed E-state index contributed by atoms with van der Waals surface area (Å²) in [6, 6.07) is 6.42. The summed E-state index contributed by atoms with van der Waals surface area (Å²) >= 11 is 0. The normalized spacial score (nSPS) is 15.3. The molecule has 0 aliphatic heterocycles. The van der Waals surface area contributed by atoms with Crippen molar-refractivity contribution in [2.75, 3.05) is 0 Å². The van der Waals surface area contributed by atoms with Gasteiger partial charge in [-0.25, -0.2) is 13.2 Å². The maximum absolute atomic E-state index is 14.1. The molecule has 0 spiro atoms. The molecular formula is C17H13F5O. The van der Waals surface area contributed by atoms with Crippen LogP contribution >= 0.6 is 0 Å². The van der Waals surface area contributed by atoms with E-state index in [4.69, 9.17) is 0 Å². The number of benzene rings is 2. The zero-order valence-electron chi connectivity index (χ0n) is 12.0. The molecule has 0 atom stereocenters. The maximum atomic E-state index is 14.1. The first-order valence-electron chi connectivity index (χ1n) is 7.18. The molecule has 122 valence electrons. The highest BCUT2D eigenvalue weighted by Crippen LogP contribution is 2.38. The lowest BCUT2D eigenvalue weighted by Crippen LogP contribution is -2.22. The molecule has 0 unspecified atom stereocenters. The van der Waals surface area contributed by atoms with Crippen molar-refractivity contribution in [3.63, 3.8) is 0 Å². The van der Waals surface area contributed by atoms with Crippen LogP contribution in [0, 0.1) is 17.5 Å². The summed E-state index contributed by atoms with van der Waals surface area (Å²) in [7, 11) is 0. The van der Waals surface area contributed by atoms with Crippen LogP contribution in [0.15, 0.2) is 36.4 Å². The Balaban J connectivity index is 1.80. The van der Waals surface area contributed by atoms with E-state index in [2.05, 4.69) is 4.74 Å². The Hall–Kier alpha value is -2.11. The largest absolute Gasteiger partial charge is 0.429 e. The van der Waals surface area contributed by atoms with E-state index in [1.165, 1.54) is 12.1 Å². The minimum Gasteiger partial charge on any atom is -0.429 e. The second kappa shape index (κ2) is 5.83. The summed E-state index contributed by atoms with van der Waals surface area (Å²) in [6.45, 7) is 0. The summed E-state index contributed by atoms with van der Waals surface area (Å²) in [5, 5.41) is 0. The van der Waals surface area contributed by atoms with Gasteiger partial charge in [0, 0.05) is 12.1 Å². The summed E-state index contributed by atoms with van der Waals surface area (Å²) < 4.78 is 71.5. The van der Waals surface area contributed by atoms with Gasteiger partial charge >= 0.3 is 6.11 Å². The number of halogens is 5. The molecule has 0 heterocycles. The monoisotopic (exact) mass is 328 g/mol. The fourth-order valence-corrected chi connectivity index (χ4v) is 2.49. The van der Waals surface area contributed by atoms with Gasteiger partial charge in [0.15, 0.2) is 17.5 Å². The first kappa shape index (κ1) is 15.8. The van der Waals surface area contributed by atoms with Gasteiger partial charge < -0.3 is 4.74 Å². The molecule has 0 saturated heterocycles. The van der Waals surface area contributed by atoms with Crippen LogP contribution < -0.4 is 4.74 Å². The van der Waals surface area contributed by atoms with Crippen molar-refractivity contribution >= 4 is 0 Å². The first-order valence-corrected chi connectivity index (χ1v) is 7.18. The van der Waals surface area contributed by atoms with E-state index in [1.807, 2.05) is 0 Å². The SMILES string of the molecule is Fc1cc(OC(F)(F)c2ccc(C3CCC3)cc2)cc(F)c1F. The van der Waals surface area contributed by atoms with Crippen molar-refractivity contribution in [1.82, 2.24) is 0 Å². The molecule has 1 aliphatic carbocycles. The molecule has 6 heteroatoms. The highest BCUT2D eigenvalue weighted by Gasteiger charge is 2.35. The molecule has 3 rings (SSSR count). The van der Waals surface area contributed by atoms with Gasteiger partial charge in [-0.1, -0.05) is 18.6 Å². The van der Waals surface area contributed by atoms with Gasteiger partial charge in [-0.05, 0) is 36.5 Å². The summed E-state index contributed by atoms with van der Waals surface area (Å²) in [5.41, 5.74) is 0.542. The third-order valence-corrected chi connectivity index (χ3v) is 4.03. The minimum absolute atomic E-state index is 0.384. The van der Waals surface area contributed by atoms with Crippen LogP contribution in [0.4, 0.5) is 22.0 Å². The van der Waals surface area contributed by atoms with Crippen LogP contribution in [-0.2, 0) is 6.11 Å². The Kier molecular flexibility index (Phi) is 4.00. The lowest BCUT2D eigenvalue weighted by molar-refractivity contribution is -0.185. The Morgan fingerprint density at radius 2 is 1.48 bits per heavy atom. The fraction of sp³-hybridized carbons (Fsp3) is 0.294. The predicted octanol–water partition coefficient (Wildman–Crippen LogP) is 5.50. The summed E-state index contributed by atoms with van der Waals surface area (Å²) in [4.78, 5) is 0. The van der Waals surface area contributed by atoms with Gasteiger partial charge in [0.2, 0.25) is 0 Å². The quantitative estimate of drug-likeness (QED) is 0.532. The van der Waals surface area contributed by atoms with Crippen LogP contribution in [0.25, 0.3) is 0 Å². The second-order valence-corrected chi connectivity index (χ2v) is 5.57. The van der Waals surface area contributed by atoms with E-state index in [0.29, 0.717) is 18.1 Å². The van der Waals surface area contributed by atoms with Gasteiger partial charge in [0.1, 0.15) is 5.75 Å². The average Bonchev–Trinajstić information content (AvgIpc) is 2.43.